The van der Waals surface area contributed by atoms with Gasteiger partial charge in [-0.05, 0) is 13.8 Å². The Hall–Kier alpha value is -1.43. The first-order chi connectivity index (χ1) is 7.95. The summed E-state index contributed by atoms with van der Waals surface area (Å²) in [6.07, 6.45) is 0.220. The van der Waals surface area contributed by atoms with Crippen molar-refractivity contribution in [1.82, 2.24) is 9.88 Å². The molecule has 0 bridgehead atoms. The lowest BCUT2D eigenvalue weighted by Gasteiger charge is -2.07. The van der Waals surface area contributed by atoms with Crippen molar-refractivity contribution < 1.29 is 14.3 Å². The largest absolute Gasteiger partial charge is 0.462 e. The third-order valence-electron chi connectivity index (χ3n) is 2.10. The number of amides is 1. The highest BCUT2D eigenvalue weighted by molar-refractivity contribution is 7.13. The van der Waals surface area contributed by atoms with Crippen LogP contribution in [0.4, 0.5) is 0 Å². The molecule has 1 heterocycles. The van der Waals surface area contributed by atoms with Gasteiger partial charge in [-0.15, -0.1) is 11.3 Å². The van der Waals surface area contributed by atoms with E-state index in [0.29, 0.717) is 22.2 Å². The first kappa shape index (κ1) is 13.6. The van der Waals surface area contributed by atoms with Crippen LogP contribution >= 0.6 is 11.3 Å². The molecule has 17 heavy (non-hydrogen) atoms. The Labute approximate surface area is 104 Å². The van der Waals surface area contributed by atoms with Gasteiger partial charge in [-0.1, -0.05) is 0 Å². The number of hydrogen-bond donors (Lipinski definition) is 0. The van der Waals surface area contributed by atoms with Crippen molar-refractivity contribution in [3.63, 3.8) is 0 Å². The zero-order valence-electron chi connectivity index (χ0n) is 10.4. The topological polar surface area (TPSA) is 59.5 Å². The van der Waals surface area contributed by atoms with Crippen LogP contribution in [0.15, 0.2) is 0 Å². The molecular weight excluding hydrogens is 240 g/mol. The molecule has 0 aliphatic rings. The first-order valence-electron chi connectivity index (χ1n) is 5.29. The molecule has 0 aliphatic heterocycles. The Morgan fingerprint density at radius 1 is 1.41 bits per heavy atom. The van der Waals surface area contributed by atoms with E-state index in [1.807, 2.05) is 0 Å². The summed E-state index contributed by atoms with van der Waals surface area (Å²) < 4.78 is 4.91. The van der Waals surface area contributed by atoms with Crippen molar-refractivity contribution in [2.45, 2.75) is 20.3 Å². The summed E-state index contributed by atoms with van der Waals surface area (Å²) in [7, 11) is 3.38. The van der Waals surface area contributed by atoms with Crippen LogP contribution < -0.4 is 0 Å². The van der Waals surface area contributed by atoms with E-state index in [0.717, 1.165) is 0 Å². The van der Waals surface area contributed by atoms with Gasteiger partial charge in [0.2, 0.25) is 5.91 Å². The average Bonchev–Trinajstić information content (AvgIpc) is 2.59. The zero-order chi connectivity index (χ0) is 13.0. The molecular formula is C11H16N2O3S. The van der Waals surface area contributed by atoms with Crippen molar-refractivity contribution in [1.29, 1.82) is 0 Å². The van der Waals surface area contributed by atoms with Crippen LogP contribution in [-0.4, -0.2) is 42.5 Å². The van der Waals surface area contributed by atoms with Crippen molar-refractivity contribution in [2.24, 2.45) is 0 Å². The van der Waals surface area contributed by atoms with E-state index in [1.54, 1.807) is 27.9 Å². The molecule has 1 amide bonds. The number of ether oxygens (including phenoxy) is 1. The molecule has 0 atom stereocenters. The van der Waals surface area contributed by atoms with Gasteiger partial charge < -0.3 is 9.64 Å². The number of carbonyl (C=O) groups is 2. The van der Waals surface area contributed by atoms with Gasteiger partial charge in [0.15, 0.2) is 0 Å². The summed E-state index contributed by atoms with van der Waals surface area (Å²) in [5.41, 5.74) is 0.620. The van der Waals surface area contributed by atoms with E-state index < -0.39 is 0 Å². The summed E-state index contributed by atoms with van der Waals surface area (Å²) in [5, 5.41) is 0.643. The van der Waals surface area contributed by atoms with Crippen molar-refractivity contribution in [3.8, 4) is 0 Å². The molecule has 0 unspecified atom stereocenters. The molecule has 0 aromatic carbocycles. The Balaban J connectivity index is 2.81. The number of thiazole rings is 1. The van der Waals surface area contributed by atoms with Crippen LogP contribution in [0.2, 0.25) is 0 Å². The van der Waals surface area contributed by atoms with Crippen molar-refractivity contribution in [3.05, 3.63) is 15.6 Å². The average molecular weight is 256 g/mol. The first-order valence-corrected chi connectivity index (χ1v) is 6.11. The Morgan fingerprint density at radius 2 is 2.06 bits per heavy atom. The lowest BCUT2D eigenvalue weighted by atomic mass is 10.4. The summed E-state index contributed by atoms with van der Waals surface area (Å²) >= 11 is 1.22. The van der Waals surface area contributed by atoms with Crippen LogP contribution in [0.5, 0.6) is 0 Å². The molecule has 1 rings (SSSR count). The van der Waals surface area contributed by atoms with Gasteiger partial charge in [0.05, 0.1) is 18.7 Å². The van der Waals surface area contributed by atoms with E-state index >= 15 is 0 Å². The summed E-state index contributed by atoms with van der Waals surface area (Å²) in [5.74, 6) is -0.403. The molecule has 0 fully saturated rings. The monoisotopic (exact) mass is 256 g/mol. The van der Waals surface area contributed by atoms with Gasteiger partial charge in [-0.2, -0.15) is 0 Å². The minimum Gasteiger partial charge on any atom is -0.462 e. The molecule has 0 spiro atoms. The second kappa shape index (κ2) is 5.77. The molecule has 0 saturated carbocycles. The van der Waals surface area contributed by atoms with Crippen LogP contribution in [0.25, 0.3) is 0 Å². The predicted octanol–water partition coefficient (Wildman–Crippen LogP) is 1.26. The highest BCUT2D eigenvalue weighted by Gasteiger charge is 2.18. The molecule has 0 radical (unpaired) electrons. The lowest BCUT2D eigenvalue weighted by Crippen LogP contribution is -2.23. The second-order valence-corrected chi connectivity index (χ2v) is 4.79. The van der Waals surface area contributed by atoms with Crippen molar-refractivity contribution >= 4 is 23.2 Å². The fraction of sp³-hybridized carbons (Fsp3) is 0.545. The van der Waals surface area contributed by atoms with Crippen LogP contribution in [0, 0.1) is 6.92 Å². The standard InChI is InChI=1S/C11H16N2O3S/c1-5-16-11(15)10-7(2)12-8(17-10)6-9(14)13(3)4/h5-6H2,1-4H3. The van der Waals surface area contributed by atoms with Gasteiger partial charge in [-0.3, -0.25) is 4.79 Å². The van der Waals surface area contributed by atoms with Gasteiger partial charge in [-0.25, -0.2) is 9.78 Å². The number of aryl methyl sites for hydroxylation is 1. The number of carbonyl (C=O) groups excluding carboxylic acids is 2. The highest BCUT2D eigenvalue weighted by atomic mass is 32.1. The maximum atomic E-state index is 11.6. The molecule has 5 nitrogen and oxygen atoms in total. The van der Waals surface area contributed by atoms with E-state index in [1.165, 1.54) is 16.2 Å². The minimum atomic E-state index is -0.369. The number of hydrogen-bond acceptors (Lipinski definition) is 5. The molecule has 1 aromatic rings. The van der Waals surface area contributed by atoms with Crippen LogP contribution in [-0.2, 0) is 16.0 Å². The molecule has 0 saturated heterocycles. The maximum absolute atomic E-state index is 11.6. The summed E-state index contributed by atoms with van der Waals surface area (Å²) in [6.45, 7) is 3.83. The molecule has 94 valence electrons. The highest BCUT2D eigenvalue weighted by Crippen LogP contribution is 2.19. The number of nitrogens with zero attached hydrogens (tertiary/aromatic N) is 2. The lowest BCUT2D eigenvalue weighted by molar-refractivity contribution is -0.127. The third kappa shape index (κ3) is 3.52. The van der Waals surface area contributed by atoms with E-state index in [4.69, 9.17) is 4.74 Å². The Bertz CT molecular complexity index is 426. The van der Waals surface area contributed by atoms with Gasteiger partial charge >= 0.3 is 5.97 Å². The third-order valence-corrected chi connectivity index (χ3v) is 3.24. The number of esters is 1. The van der Waals surface area contributed by atoms with Gasteiger partial charge in [0.25, 0.3) is 0 Å². The zero-order valence-corrected chi connectivity index (χ0v) is 11.3. The number of aromatic nitrogens is 1. The van der Waals surface area contributed by atoms with Crippen LogP contribution in [0.3, 0.4) is 0 Å². The number of rotatable bonds is 4. The van der Waals surface area contributed by atoms with Gasteiger partial charge in [0, 0.05) is 14.1 Å². The number of likely N-dealkylation sites (N-methyl/N-ethyl adjacent to an activating group) is 1. The Kier molecular flexibility index (Phi) is 4.62. The van der Waals surface area contributed by atoms with Crippen LogP contribution in [0.1, 0.15) is 27.3 Å². The van der Waals surface area contributed by atoms with Gasteiger partial charge in [0.1, 0.15) is 9.88 Å². The molecule has 1 aromatic heterocycles. The maximum Gasteiger partial charge on any atom is 0.350 e. The SMILES string of the molecule is CCOC(=O)c1sc(CC(=O)N(C)C)nc1C. The van der Waals surface area contributed by atoms with E-state index in [2.05, 4.69) is 4.98 Å². The summed E-state index contributed by atoms with van der Waals surface area (Å²) in [4.78, 5) is 29.2. The fourth-order valence-electron chi connectivity index (χ4n) is 1.20. The second-order valence-electron chi connectivity index (χ2n) is 3.71. The molecule has 6 heteroatoms. The minimum absolute atomic E-state index is 0.0332. The van der Waals surface area contributed by atoms with E-state index in [-0.39, 0.29) is 18.3 Å². The molecule has 0 aliphatic carbocycles. The molecule has 0 N–H and O–H groups in total. The van der Waals surface area contributed by atoms with Crippen molar-refractivity contribution in [2.75, 3.05) is 20.7 Å². The predicted molar refractivity (Wildman–Crippen MR) is 65.2 cm³/mol. The smallest absolute Gasteiger partial charge is 0.350 e. The Morgan fingerprint density at radius 3 is 2.59 bits per heavy atom. The van der Waals surface area contributed by atoms with E-state index in [9.17, 15) is 9.59 Å². The normalized spacial score (nSPS) is 10.1. The summed E-state index contributed by atoms with van der Waals surface area (Å²) in [6, 6.07) is 0. The fourth-order valence-corrected chi connectivity index (χ4v) is 2.15. The quantitative estimate of drug-likeness (QED) is 0.761.